The highest BCUT2D eigenvalue weighted by atomic mass is 32.2. The van der Waals surface area contributed by atoms with E-state index in [1.807, 2.05) is 13.0 Å². The minimum atomic E-state index is -3.86. The zero-order chi connectivity index (χ0) is 21.8. The number of benzene rings is 2. The van der Waals surface area contributed by atoms with Gasteiger partial charge in [0.05, 0.1) is 21.8 Å². The molecule has 0 atom stereocenters. The van der Waals surface area contributed by atoms with Crippen LogP contribution in [0.1, 0.15) is 43.6 Å². The molecule has 2 rings (SSSR count). The minimum Gasteiger partial charge on any atom is -0.478 e. The van der Waals surface area contributed by atoms with Gasteiger partial charge in [0.15, 0.2) is 0 Å². The van der Waals surface area contributed by atoms with E-state index < -0.39 is 16.0 Å². The average molecular weight is 419 g/mol. The molecule has 0 spiro atoms. The van der Waals surface area contributed by atoms with Crippen molar-refractivity contribution < 1.29 is 18.3 Å². The van der Waals surface area contributed by atoms with Crippen molar-refractivity contribution in [3.63, 3.8) is 0 Å². The standard InChI is InChI=1S/C22H30N2O4S/c1-15(2)13-24(14-16(3)4)21-10-9-18(22(25)26)12-20(21)23-29(27,28)19-8-6-7-17(5)11-19/h6-12,15-16,23H,13-14H2,1-5H3,(H,25,26). The number of hydrogen-bond acceptors (Lipinski definition) is 4. The smallest absolute Gasteiger partial charge is 0.335 e. The van der Waals surface area contributed by atoms with Gasteiger partial charge in [-0.2, -0.15) is 0 Å². The number of aryl methyl sites for hydroxylation is 1. The lowest BCUT2D eigenvalue weighted by Gasteiger charge is -2.30. The molecule has 6 nitrogen and oxygen atoms in total. The summed E-state index contributed by atoms with van der Waals surface area (Å²) >= 11 is 0. The van der Waals surface area contributed by atoms with Crippen LogP contribution in [0.4, 0.5) is 11.4 Å². The van der Waals surface area contributed by atoms with E-state index in [2.05, 4.69) is 37.3 Å². The molecule has 0 heterocycles. The fourth-order valence-corrected chi connectivity index (χ4v) is 4.34. The van der Waals surface area contributed by atoms with Gasteiger partial charge < -0.3 is 10.0 Å². The van der Waals surface area contributed by atoms with Crippen LogP contribution in [0.2, 0.25) is 0 Å². The first-order valence-electron chi connectivity index (χ1n) is 9.71. The molecule has 0 radical (unpaired) electrons. The quantitative estimate of drug-likeness (QED) is 0.621. The summed E-state index contributed by atoms with van der Waals surface area (Å²) < 4.78 is 28.6. The number of hydrogen-bond donors (Lipinski definition) is 2. The monoisotopic (exact) mass is 418 g/mol. The van der Waals surface area contributed by atoms with Gasteiger partial charge in [0.25, 0.3) is 10.0 Å². The van der Waals surface area contributed by atoms with Gasteiger partial charge in [0.1, 0.15) is 0 Å². The third-order valence-electron chi connectivity index (χ3n) is 4.30. The predicted octanol–water partition coefficient (Wildman–Crippen LogP) is 4.61. The SMILES string of the molecule is Cc1cccc(S(=O)(=O)Nc2cc(C(=O)O)ccc2N(CC(C)C)CC(C)C)c1. The van der Waals surface area contributed by atoms with Gasteiger partial charge >= 0.3 is 5.97 Å². The Morgan fingerprint density at radius 3 is 2.17 bits per heavy atom. The summed E-state index contributed by atoms with van der Waals surface area (Å²) in [6, 6.07) is 11.2. The largest absolute Gasteiger partial charge is 0.478 e. The molecule has 2 aromatic rings. The number of sulfonamides is 1. The molecular formula is C22H30N2O4S. The van der Waals surface area contributed by atoms with Crippen molar-refractivity contribution in [2.75, 3.05) is 22.7 Å². The Hall–Kier alpha value is -2.54. The van der Waals surface area contributed by atoms with E-state index in [0.29, 0.717) is 17.5 Å². The highest BCUT2D eigenvalue weighted by Crippen LogP contribution is 2.31. The third kappa shape index (κ3) is 6.22. The Kier molecular flexibility index (Phi) is 7.30. The van der Waals surface area contributed by atoms with Crippen LogP contribution in [-0.2, 0) is 10.0 Å². The maximum atomic E-state index is 13.0. The molecule has 0 aliphatic rings. The Morgan fingerprint density at radius 2 is 1.66 bits per heavy atom. The first kappa shape index (κ1) is 22.7. The number of aromatic carboxylic acids is 1. The molecule has 0 aromatic heterocycles. The van der Waals surface area contributed by atoms with Crippen molar-refractivity contribution in [3.05, 3.63) is 53.6 Å². The van der Waals surface area contributed by atoms with Crippen LogP contribution >= 0.6 is 0 Å². The van der Waals surface area contributed by atoms with Crippen molar-refractivity contribution in [2.45, 2.75) is 39.5 Å². The molecule has 158 valence electrons. The van der Waals surface area contributed by atoms with Crippen molar-refractivity contribution in [2.24, 2.45) is 11.8 Å². The van der Waals surface area contributed by atoms with Crippen LogP contribution in [-0.4, -0.2) is 32.6 Å². The predicted molar refractivity (Wildman–Crippen MR) is 117 cm³/mol. The molecule has 0 amide bonds. The third-order valence-corrected chi connectivity index (χ3v) is 5.66. The van der Waals surface area contributed by atoms with Crippen LogP contribution in [0.25, 0.3) is 0 Å². The molecule has 2 aromatic carbocycles. The van der Waals surface area contributed by atoms with E-state index in [9.17, 15) is 18.3 Å². The second kappa shape index (κ2) is 9.31. The van der Waals surface area contributed by atoms with E-state index in [0.717, 1.165) is 18.7 Å². The Morgan fingerprint density at radius 1 is 1.03 bits per heavy atom. The van der Waals surface area contributed by atoms with Crippen LogP contribution < -0.4 is 9.62 Å². The van der Waals surface area contributed by atoms with Gasteiger partial charge in [-0.3, -0.25) is 4.72 Å². The summed E-state index contributed by atoms with van der Waals surface area (Å²) in [5, 5.41) is 9.39. The van der Waals surface area contributed by atoms with Gasteiger partial charge in [-0.05, 0) is 54.7 Å². The summed E-state index contributed by atoms with van der Waals surface area (Å²) in [6.07, 6.45) is 0. The highest BCUT2D eigenvalue weighted by Gasteiger charge is 2.21. The summed E-state index contributed by atoms with van der Waals surface area (Å²) in [5.74, 6) is -0.393. The van der Waals surface area contributed by atoms with Gasteiger partial charge in [-0.15, -0.1) is 0 Å². The Labute approximate surface area is 173 Å². The number of carboxylic acids is 1. The molecule has 0 fully saturated rings. The zero-order valence-electron chi connectivity index (χ0n) is 17.6. The summed E-state index contributed by atoms with van der Waals surface area (Å²) in [7, 11) is -3.86. The topological polar surface area (TPSA) is 86.7 Å². The Balaban J connectivity index is 2.54. The molecule has 0 saturated carbocycles. The maximum Gasteiger partial charge on any atom is 0.335 e. The van der Waals surface area contributed by atoms with Gasteiger partial charge in [-0.25, -0.2) is 13.2 Å². The van der Waals surface area contributed by atoms with Crippen LogP contribution in [0.3, 0.4) is 0 Å². The van der Waals surface area contributed by atoms with Gasteiger partial charge in [0, 0.05) is 13.1 Å². The lowest BCUT2D eigenvalue weighted by molar-refractivity contribution is 0.0697. The molecule has 0 saturated heterocycles. The maximum absolute atomic E-state index is 13.0. The fourth-order valence-electron chi connectivity index (χ4n) is 3.17. The second-order valence-electron chi connectivity index (χ2n) is 8.15. The molecule has 0 aliphatic heterocycles. The number of anilines is 2. The van der Waals surface area contributed by atoms with E-state index in [1.165, 1.54) is 18.2 Å². The fraction of sp³-hybridized carbons (Fsp3) is 0.409. The molecular weight excluding hydrogens is 388 g/mol. The highest BCUT2D eigenvalue weighted by molar-refractivity contribution is 7.92. The average Bonchev–Trinajstić information content (AvgIpc) is 2.60. The van der Waals surface area contributed by atoms with Crippen LogP contribution in [0.5, 0.6) is 0 Å². The molecule has 29 heavy (non-hydrogen) atoms. The first-order valence-corrected chi connectivity index (χ1v) is 11.2. The van der Waals surface area contributed by atoms with E-state index >= 15 is 0 Å². The second-order valence-corrected chi connectivity index (χ2v) is 9.83. The van der Waals surface area contributed by atoms with E-state index in [-0.39, 0.29) is 16.1 Å². The summed E-state index contributed by atoms with van der Waals surface area (Å²) in [5.41, 5.74) is 1.81. The number of nitrogens with one attached hydrogen (secondary N) is 1. The zero-order valence-corrected chi connectivity index (χ0v) is 18.5. The first-order chi connectivity index (χ1) is 13.5. The van der Waals surface area contributed by atoms with Crippen molar-refractivity contribution in [1.82, 2.24) is 0 Å². The molecule has 7 heteroatoms. The van der Waals surface area contributed by atoms with E-state index in [1.54, 1.807) is 18.2 Å². The van der Waals surface area contributed by atoms with Crippen molar-refractivity contribution in [1.29, 1.82) is 0 Å². The van der Waals surface area contributed by atoms with Gasteiger partial charge in [-0.1, -0.05) is 39.8 Å². The van der Waals surface area contributed by atoms with Gasteiger partial charge in [0.2, 0.25) is 0 Å². The minimum absolute atomic E-state index is 0.0322. The Bertz CT molecular complexity index is 959. The van der Waals surface area contributed by atoms with Crippen molar-refractivity contribution in [3.8, 4) is 0 Å². The number of carbonyl (C=O) groups is 1. The number of nitrogens with zero attached hydrogens (tertiary/aromatic N) is 1. The number of rotatable bonds is 9. The van der Waals surface area contributed by atoms with E-state index in [4.69, 9.17) is 0 Å². The van der Waals surface area contributed by atoms with Crippen LogP contribution in [0.15, 0.2) is 47.4 Å². The molecule has 2 N–H and O–H groups in total. The lowest BCUT2D eigenvalue weighted by Crippen LogP contribution is -2.32. The lowest BCUT2D eigenvalue weighted by atomic mass is 10.1. The molecule has 0 bridgehead atoms. The summed E-state index contributed by atoms with van der Waals surface area (Å²) in [4.78, 5) is 13.7. The molecule has 0 aliphatic carbocycles. The van der Waals surface area contributed by atoms with Crippen LogP contribution in [0, 0.1) is 18.8 Å². The summed E-state index contributed by atoms with van der Waals surface area (Å²) in [6.45, 7) is 11.6. The van der Waals surface area contributed by atoms with Crippen molar-refractivity contribution >= 4 is 27.4 Å². The normalized spacial score (nSPS) is 11.7. The molecule has 0 unspecified atom stereocenters. The number of carboxylic acid groups (broad SMARTS) is 1.